The minimum absolute atomic E-state index is 0.919. The molecule has 0 saturated carbocycles. The Morgan fingerprint density at radius 3 is 1.50 bits per heavy atom. The summed E-state index contributed by atoms with van der Waals surface area (Å²) in [6.07, 6.45) is 5.56. The standard InChI is InChI=1S/C6H10N2.C2H6/c7-5-1-2-6(8)4-3-5;1-2/h1-2H,3-4,7-8H2;1-2H3. The lowest BCUT2D eigenvalue weighted by molar-refractivity contribution is 0.880. The molecular weight excluding hydrogens is 124 g/mol. The van der Waals surface area contributed by atoms with Gasteiger partial charge in [-0.3, -0.25) is 0 Å². The topological polar surface area (TPSA) is 52.0 Å². The summed E-state index contributed by atoms with van der Waals surface area (Å²) in [6, 6.07) is 0. The first-order chi connectivity index (χ1) is 4.79. The SMILES string of the molecule is CC.NC1=CC=C(N)CC1. The molecule has 0 saturated heterocycles. The van der Waals surface area contributed by atoms with E-state index in [1.807, 2.05) is 26.0 Å². The third-order valence-electron chi connectivity index (χ3n) is 1.21. The quantitative estimate of drug-likeness (QED) is 0.535. The normalized spacial score (nSPS) is 16.2. The molecule has 1 rings (SSSR count). The van der Waals surface area contributed by atoms with Crippen LogP contribution in [0.25, 0.3) is 0 Å². The Morgan fingerprint density at radius 2 is 1.30 bits per heavy atom. The number of allylic oxidation sites excluding steroid dienone is 4. The Labute approximate surface area is 62.6 Å². The summed E-state index contributed by atoms with van der Waals surface area (Å²) in [5.74, 6) is 0. The lowest BCUT2D eigenvalue weighted by atomic mass is 10.1. The van der Waals surface area contributed by atoms with E-state index in [0.29, 0.717) is 0 Å². The molecule has 0 bridgehead atoms. The van der Waals surface area contributed by atoms with E-state index in [-0.39, 0.29) is 0 Å². The third kappa shape index (κ3) is 3.17. The summed E-state index contributed by atoms with van der Waals surface area (Å²) in [7, 11) is 0. The molecule has 0 spiro atoms. The molecule has 0 aliphatic heterocycles. The first kappa shape index (κ1) is 9.08. The van der Waals surface area contributed by atoms with Gasteiger partial charge in [0, 0.05) is 11.4 Å². The van der Waals surface area contributed by atoms with Gasteiger partial charge >= 0.3 is 0 Å². The van der Waals surface area contributed by atoms with Crippen LogP contribution in [0, 0.1) is 0 Å². The van der Waals surface area contributed by atoms with Crippen molar-refractivity contribution in [2.75, 3.05) is 0 Å². The summed E-state index contributed by atoms with van der Waals surface area (Å²) in [4.78, 5) is 0. The highest BCUT2D eigenvalue weighted by Gasteiger charge is 1.97. The molecular formula is C8H16N2. The van der Waals surface area contributed by atoms with Gasteiger partial charge in [0.15, 0.2) is 0 Å². The minimum Gasteiger partial charge on any atom is -0.402 e. The third-order valence-corrected chi connectivity index (χ3v) is 1.21. The van der Waals surface area contributed by atoms with E-state index in [1.165, 1.54) is 0 Å². The molecule has 0 heterocycles. The van der Waals surface area contributed by atoms with Crippen LogP contribution in [0.4, 0.5) is 0 Å². The van der Waals surface area contributed by atoms with Crippen molar-refractivity contribution in [1.29, 1.82) is 0 Å². The van der Waals surface area contributed by atoms with Crippen LogP contribution in [0.15, 0.2) is 23.5 Å². The molecule has 0 aromatic carbocycles. The minimum atomic E-state index is 0.919. The van der Waals surface area contributed by atoms with Crippen molar-refractivity contribution in [1.82, 2.24) is 0 Å². The largest absolute Gasteiger partial charge is 0.402 e. The highest BCUT2D eigenvalue weighted by atomic mass is 14.6. The van der Waals surface area contributed by atoms with Crippen LogP contribution < -0.4 is 11.5 Å². The van der Waals surface area contributed by atoms with E-state index in [4.69, 9.17) is 11.5 Å². The zero-order valence-electron chi connectivity index (χ0n) is 6.72. The smallest absolute Gasteiger partial charge is 0.00849 e. The highest BCUT2D eigenvalue weighted by molar-refractivity contribution is 5.19. The first-order valence-corrected chi connectivity index (χ1v) is 3.70. The van der Waals surface area contributed by atoms with Gasteiger partial charge in [-0.1, -0.05) is 13.8 Å². The molecule has 4 N–H and O–H groups in total. The van der Waals surface area contributed by atoms with Crippen LogP contribution in [0.1, 0.15) is 26.7 Å². The zero-order chi connectivity index (χ0) is 7.98. The highest BCUT2D eigenvalue weighted by Crippen LogP contribution is 2.09. The molecule has 0 unspecified atom stereocenters. The lowest BCUT2D eigenvalue weighted by Gasteiger charge is -2.05. The van der Waals surface area contributed by atoms with Crippen molar-refractivity contribution < 1.29 is 0 Å². The fourth-order valence-electron chi connectivity index (χ4n) is 0.669. The predicted molar refractivity (Wildman–Crippen MR) is 45.1 cm³/mol. The molecule has 1 aliphatic rings. The van der Waals surface area contributed by atoms with Gasteiger partial charge in [0.2, 0.25) is 0 Å². The molecule has 0 atom stereocenters. The molecule has 0 amide bonds. The average Bonchev–Trinajstić information content (AvgIpc) is 2.00. The van der Waals surface area contributed by atoms with Crippen molar-refractivity contribution in [3.05, 3.63) is 23.5 Å². The summed E-state index contributed by atoms with van der Waals surface area (Å²) in [5.41, 5.74) is 12.8. The number of hydrogen-bond acceptors (Lipinski definition) is 2. The van der Waals surface area contributed by atoms with Crippen LogP contribution >= 0.6 is 0 Å². The number of nitrogens with two attached hydrogens (primary N) is 2. The summed E-state index contributed by atoms with van der Waals surface area (Å²) < 4.78 is 0. The Morgan fingerprint density at radius 1 is 1.00 bits per heavy atom. The monoisotopic (exact) mass is 140 g/mol. The fraction of sp³-hybridized carbons (Fsp3) is 0.500. The molecule has 0 radical (unpaired) electrons. The van der Waals surface area contributed by atoms with Gasteiger partial charge in [-0.2, -0.15) is 0 Å². The molecule has 10 heavy (non-hydrogen) atoms. The fourth-order valence-corrected chi connectivity index (χ4v) is 0.669. The van der Waals surface area contributed by atoms with E-state index in [9.17, 15) is 0 Å². The molecule has 0 aromatic rings. The summed E-state index contributed by atoms with van der Waals surface area (Å²) in [5, 5.41) is 0. The van der Waals surface area contributed by atoms with Gasteiger partial charge in [0.1, 0.15) is 0 Å². The lowest BCUT2D eigenvalue weighted by Crippen LogP contribution is -2.05. The van der Waals surface area contributed by atoms with E-state index >= 15 is 0 Å². The number of rotatable bonds is 0. The molecule has 2 heteroatoms. The second-order valence-corrected chi connectivity index (χ2v) is 1.98. The van der Waals surface area contributed by atoms with Crippen molar-refractivity contribution in [2.45, 2.75) is 26.7 Å². The van der Waals surface area contributed by atoms with Crippen LogP contribution in [0.3, 0.4) is 0 Å². The number of hydrogen-bond donors (Lipinski definition) is 2. The van der Waals surface area contributed by atoms with Crippen molar-refractivity contribution in [3.8, 4) is 0 Å². The Bertz CT molecular complexity index is 127. The van der Waals surface area contributed by atoms with Gasteiger partial charge in [-0.15, -0.1) is 0 Å². The maximum atomic E-state index is 5.46. The van der Waals surface area contributed by atoms with E-state index in [1.54, 1.807) is 0 Å². The molecule has 58 valence electrons. The van der Waals surface area contributed by atoms with Crippen molar-refractivity contribution >= 4 is 0 Å². The first-order valence-electron chi connectivity index (χ1n) is 3.70. The van der Waals surface area contributed by atoms with Crippen molar-refractivity contribution in [2.24, 2.45) is 11.5 Å². The van der Waals surface area contributed by atoms with Crippen LogP contribution in [0.5, 0.6) is 0 Å². The maximum absolute atomic E-state index is 5.46. The van der Waals surface area contributed by atoms with Crippen LogP contribution in [0.2, 0.25) is 0 Å². The van der Waals surface area contributed by atoms with Gasteiger partial charge in [0.05, 0.1) is 0 Å². The predicted octanol–water partition coefficient (Wildman–Crippen LogP) is 1.49. The zero-order valence-corrected chi connectivity index (χ0v) is 6.72. The van der Waals surface area contributed by atoms with Crippen LogP contribution in [-0.2, 0) is 0 Å². The van der Waals surface area contributed by atoms with Gasteiger partial charge < -0.3 is 11.5 Å². The average molecular weight is 140 g/mol. The Balaban J connectivity index is 0.000000371. The van der Waals surface area contributed by atoms with E-state index in [2.05, 4.69) is 0 Å². The molecule has 0 fully saturated rings. The molecule has 0 aromatic heterocycles. The van der Waals surface area contributed by atoms with Gasteiger partial charge in [-0.05, 0) is 25.0 Å². The summed E-state index contributed by atoms with van der Waals surface area (Å²) in [6.45, 7) is 4.00. The molecule has 1 aliphatic carbocycles. The van der Waals surface area contributed by atoms with E-state index < -0.39 is 0 Å². The maximum Gasteiger partial charge on any atom is 0.00849 e. The second kappa shape index (κ2) is 4.91. The Kier molecular flexibility index (Phi) is 4.46. The van der Waals surface area contributed by atoms with E-state index in [0.717, 1.165) is 24.2 Å². The van der Waals surface area contributed by atoms with Gasteiger partial charge in [0.25, 0.3) is 0 Å². The Hall–Kier alpha value is -0.920. The molecule has 2 nitrogen and oxygen atoms in total. The van der Waals surface area contributed by atoms with Crippen molar-refractivity contribution in [3.63, 3.8) is 0 Å². The van der Waals surface area contributed by atoms with Crippen LogP contribution in [-0.4, -0.2) is 0 Å². The summed E-state index contributed by atoms with van der Waals surface area (Å²) >= 11 is 0. The van der Waals surface area contributed by atoms with Gasteiger partial charge in [-0.25, -0.2) is 0 Å². The second-order valence-electron chi connectivity index (χ2n) is 1.98.